The topological polar surface area (TPSA) is 24.9 Å². The lowest BCUT2D eigenvalue weighted by atomic mass is 10.1. The van der Waals surface area contributed by atoms with Crippen molar-refractivity contribution < 1.29 is 4.39 Å². The summed E-state index contributed by atoms with van der Waals surface area (Å²) in [5.74, 6) is -0.255. The van der Waals surface area contributed by atoms with Crippen molar-refractivity contribution in [2.45, 2.75) is 6.04 Å². The number of rotatable bonds is 3. The largest absolute Gasteiger partial charge is 0.307 e. The Morgan fingerprint density at radius 2 is 2.31 bits per heavy atom. The zero-order chi connectivity index (χ0) is 11.5. The molecule has 0 aliphatic carbocycles. The first-order chi connectivity index (χ1) is 7.72. The van der Waals surface area contributed by atoms with E-state index in [0.717, 1.165) is 10.6 Å². The quantitative estimate of drug-likeness (QED) is 0.940. The van der Waals surface area contributed by atoms with Crippen molar-refractivity contribution in [3.63, 3.8) is 0 Å². The number of thiazole rings is 1. The van der Waals surface area contributed by atoms with Gasteiger partial charge in [-0.1, -0.05) is 6.07 Å². The van der Waals surface area contributed by atoms with Crippen molar-refractivity contribution in [1.29, 1.82) is 0 Å². The van der Waals surface area contributed by atoms with Gasteiger partial charge in [0.1, 0.15) is 10.8 Å². The minimum absolute atomic E-state index is 0.0531. The van der Waals surface area contributed by atoms with Gasteiger partial charge in [0, 0.05) is 11.6 Å². The number of benzene rings is 1. The van der Waals surface area contributed by atoms with Gasteiger partial charge in [-0.15, -0.1) is 11.3 Å². The van der Waals surface area contributed by atoms with Gasteiger partial charge in [-0.3, -0.25) is 0 Å². The van der Waals surface area contributed by atoms with Crippen molar-refractivity contribution >= 4 is 27.3 Å². The summed E-state index contributed by atoms with van der Waals surface area (Å²) in [7, 11) is 1.84. The highest BCUT2D eigenvalue weighted by Crippen LogP contribution is 2.26. The van der Waals surface area contributed by atoms with E-state index in [-0.39, 0.29) is 11.9 Å². The van der Waals surface area contributed by atoms with Crippen LogP contribution < -0.4 is 5.32 Å². The summed E-state index contributed by atoms with van der Waals surface area (Å²) in [6.07, 6.45) is 1.75. The molecule has 0 saturated carbocycles. The van der Waals surface area contributed by atoms with E-state index in [2.05, 4.69) is 26.2 Å². The summed E-state index contributed by atoms with van der Waals surface area (Å²) in [5, 5.41) is 5.98. The maximum absolute atomic E-state index is 13.4. The van der Waals surface area contributed by atoms with Crippen LogP contribution in [0.25, 0.3) is 0 Å². The minimum Gasteiger partial charge on any atom is -0.307 e. The standard InChI is InChI=1S/C11H10BrFN2S/c1-14-10(11-15-4-5-16-11)7-2-3-8(12)9(13)6-7/h2-6,10,14H,1H3. The third-order valence-electron chi connectivity index (χ3n) is 2.26. The van der Waals surface area contributed by atoms with Crippen molar-refractivity contribution in [2.75, 3.05) is 7.05 Å². The van der Waals surface area contributed by atoms with Crippen LogP contribution in [0.4, 0.5) is 4.39 Å². The molecule has 1 N–H and O–H groups in total. The summed E-state index contributed by atoms with van der Waals surface area (Å²) < 4.78 is 13.9. The fourth-order valence-electron chi connectivity index (χ4n) is 1.50. The van der Waals surface area contributed by atoms with Gasteiger partial charge in [0.05, 0.1) is 10.5 Å². The molecule has 0 amide bonds. The Morgan fingerprint density at radius 3 is 2.88 bits per heavy atom. The van der Waals surface area contributed by atoms with E-state index in [1.54, 1.807) is 23.6 Å². The number of nitrogens with zero attached hydrogens (tertiary/aromatic N) is 1. The highest BCUT2D eigenvalue weighted by atomic mass is 79.9. The van der Waals surface area contributed by atoms with Crippen LogP contribution in [0.15, 0.2) is 34.2 Å². The molecule has 2 nitrogen and oxygen atoms in total. The fourth-order valence-corrected chi connectivity index (χ4v) is 2.52. The Bertz CT molecular complexity index is 473. The van der Waals surface area contributed by atoms with E-state index in [4.69, 9.17) is 0 Å². The van der Waals surface area contributed by atoms with Gasteiger partial charge in [-0.25, -0.2) is 9.37 Å². The van der Waals surface area contributed by atoms with E-state index >= 15 is 0 Å². The molecule has 1 heterocycles. The summed E-state index contributed by atoms with van der Waals surface area (Å²) in [6.45, 7) is 0. The summed E-state index contributed by atoms with van der Waals surface area (Å²) in [6, 6.07) is 5.06. The summed E-state index contributed by atoms with van der Waals surface area (Å²) >= 11 is 4.69. The number of aromatic nitrogens is 1. The molecule has 84 valence electrons. The molecule has 2 aromatic rings. The number of nitrogens with one attached hydrogen (secondary N) is 1. The molecule has 0 aliphatic heterocycles. The SMILES string of the molecule is CNC(c1ccc(Br)c(F)c1)c1nccs1. The second-order valence-corrected chi connectivity index (χ2v) is 5.05. The normalized spacial score (nSPS) is 12.7. The zero-order valence-corrected chi connectivity index (χ0v) is 11.0. The predicted molar refractivity (Wildman–Crippen MR) is 67.1 cm³/mol. The first kappa shape index (κ1) is 11.7. The van der Waals surface area contributed by atoms with Crippen LogP contribution in [0.5, 0.6) is 0 Å². The molecule has 0 fully saturated rings. The zero-order valence-electron chi connectivity index (χ0n) is 8.58. The van der Waals surface area contributed by atoms with Crippen LogP contribution in [0.1, 0.15) is 16.6 Å². The molecule has 0 aliphatic rings. The minimum atomic E-state index is -0.255. The van der Waals surface area contributed by atoms with Crippen LogP contribution >= 0.6 is 27.3 Å². The van der Waals surface area contributed by atoms with Crippen molar-refractivity contribution in [2.24, 2.45) is 0 Å². The molecule has 0 bridgehead atoms. The predicted octanol–water partition coefficient (Wildman–Crippen LogP) is 3.35. The maximum Gasteiger partial charge on any atom is 0.137 e. The van der Waals surface area contributed by atoms with Gasteiger partial charge in [0.2, 0.25) is 0 Å². The van der Waals surface area contributed by atoms with E-state index in [1.807, 2.05) is 18.5 Å². The summed E-state index contributed by atoms with van der Waals surface area (Å²) in [4.78, 5) is 4.24. The molecule has 1 aromatic heterocycles. The van der Waals surface area contributed by atoms with Gasteiger partial charge in [-0.05, 0) is 40.7 Å². The monoisotopic (exact) mass is 300 g/mol. The van der Waals surface area contributed by atoms with E-state index in [9.17, 15) is 4.39 Å². The van der Waals surface area contributed by atoms with E-state index in [1.165, 1.54) is 6.07 Å². The van der Waals surface area contributed by atoms with Gasteiger partial charge >= 0.3 is 0 Å². The molecular weight excluding hydrogens is 291 g/mol. The second kappa shape index (κ2) is 5.03. The highest BCUT2D eigenvalue weighted by Gasteiger charge is 2.15. The van der Waals surface area contributed by atoms with E-state index in [0.29, 0.717) is 4.47 Å². The fraction of sp³-hybridized carbons (Fsp3) is 0.182. The molecule has 0 radical (unpaired) electrons. The Balaban J connectivity index is 2.37. The van der Waals surface area contributed by atoms with Crippen LogP contribution in [0.3, 0.4) is 0 Å². The van der Waals surface area contributed by atoms with Gasteiger partial charge in [0.15, 0.2) is 0 Å². The lowest BCUT2D eigenvalue weighted by molar-refractivity contribution is 0.610. The van der Waals surface area contributed by atoms with Crippen molar-refractivity contribution in [3.05, 3.63) is 50.6 Å². The first-order valence-electron chi connectivity index (χ1n) is 4.74. The van der Waals surface area contributed by atoms with Crippen molar-refractivity contribution in [1.82, 2.24) is 10.3 Å². The van der Waals surface area contributed by atoms with Gasteiger partial charge < -0.3 is 5.32 Å². The molecule has 0 saturated heterocycles. The smallest absolute Gasteiger partial charge is 0.137 e. The maximum atomic E-state index is 13.4. The Kier molecular flexibility index (Phi) is 3.68. The molecular formula is C11H10BrFN2S. The van der Waals surface area contributed by atoms with E-state index < -0.39 is 0 Å². The third kappa shape index (κ3) is 2.31. The molecule has 16 heavy (non-hydrogen) atoms. The Hall–Kier alpha value is -0.780. The third-order valence-corrected chi connectivity index (χ3v) is 3.75. The van der Waals surface area contributed by atoms with Gasteiger partial charge in [0.25, 0.3) is 0 Å². The molecule has 1 atom stereocenters. The molecule has 0 spiro atoms. The lowest BCUT2D eigenvalue weighted by Gasteiger charge is -2.14. The molecule has 1 aromatic carbocycles. The van der Waals surface area contributed by atoms with Gasteiger partial charge in [-0.2, -0.15) is 0 Å². The van der Waals surface area contributed by atoms with Crippen LogP contribution in [0.2, 0.25) is 0 Å². The van der Waals surface area contributed by atoms with Crippen LogP contribution in [0, 0.1) is 5.82 Å². The lowest BCUT2D eigenvalue weighted by Crippen LogP contribution is -2.17. The average molecular weight is 301 g/mol. The van der Waals surface area contributed by atoms with Crippen LogP contribution in [-0.2, 0) is 0 Å². The summed E-state index contributed by atoms with van der Waals surface area (Å²) in [5.41, 5.74) is 0.873. The van der Waals surface area contributed by atoms with Crippen molar-refractivity contribution in [3.8, 4) is 0 Å². The first-order valence-corrected chi connectivity index (χ1v) is 6.41. The molecule has 5 heteroatoms. The Labute approximate surface area is 106 Å². The molecule has 1 unspecified atom stereocenters. The van der Waals surface area contributed by atoms with Crippen LogP contribution in [-0.4, -0.2) is 12.0 Å². The number of hydrogen-bond donors (Lipinski definition) is 1. The second-order valence-electron chi connectivity index (χ2n) is 3.27. The Morgan fingerprint density at radius 1 is 1.50 bits per heavy atom. The number of halogens is 2. The molecule has 2 rings (SSSR count). The average Bonchev–Trinajstić information content (AvgIpc) is 2.78. The number of hydrogen-bond acceptors (Lipinski definition) is 3. The highest BCUT2D eigenvalue weighted by molar-refractivity contribution is 9.10.